The van der Waals surface area contributed by atoms with Gasteiger partial charge in [-0.1, -0.05) is 15.9 Å². The van der Waals surface area contributed by atoms with Gasteiger partial charge in [0.1, 0.15) is 12.1 Å². The molecule has 1 aliphatic rings. The van der Waals surface area contributed by atoms with Gasteiger partial charge in [0.15, 0.2) is 0 Å². The van der Waals surface area contributed by atoms with Gasteiger partial charge in [0.25, 0.3) is 0 Å². The van der Waals surface area contributed by atoms with Crippen LogP contribution < -0.4 is 9.64 Å². The van der Waals surface area contributed by atoms with Gasteiger partial charge in [-0.25, -0.2) is 9.97 Å². The van der Waals surface area contributed by atoms with Crippen molar-refractivity contribution in [1.29, 1.82) is 0 Å². The van der Waals surface area contributed by atoms with E-state index >= 15 is 0 Å². The summed E-state index contributed by atoms with van der Waals surface area (Å²) in [5.41, 5.74) is 1.06. The van der Waals surface area contributed by atoms with Crippen LogP contribution in [0, 0.1) is 6.92 Å². The summed E-state index contributed by atoms with van der Waals surface area (Å²) in [5.74, 6) is 1.76. The van der Waals surface area contributed by atoms with Gasteiger partial charge in [-0.05, 0) is 39.5 Å². The zero-order valence-electron chi connectivity index (χ0n) is 11.7. The highest BCUT2D eigenvalue weighted by Gasteiger charge is 2.27. The van der Waals surface area contributed by atoms with Crippen molar-refractivity contribution >= 4 is 21.7 Å². The molecule has 4 nitrogen and oxygen atoms in total. The number of alkyl halides is 1. The molecule has 0 bridgehead atoms. The fourth-order valence-electron chi connectivity index (χ4n) is 2.39. The third-order valence-corrected chi connectivity index (χ3v) is 4.17. The van der Waals surface area contributed by atoms with E-state index in [9.17, 15) is 0 Å². The minimum Gasteiger partial charge on any atom is -0.478 e. The van der Waals surface area contributed by atoms with Crippen molar-refractivity contribution in [2.45, 2.75) is 45.6 Å². The third kappa shape index (κ3) is 3.38. The zero-order valence-corrected chi connectivity index (χ0v) is 13.3. The summed E-state index contributed by atoms with van der Waals surface area (Å²) in [6.45, 7) is 5.72. The van der Waals surface area contributed by atoms with E-state index in [1.165, 1.54) is 19.3 Å². The summed E-state index contributed by atoms with van der Waals surface area (Å²) < 4.78 is 5.58. The zero-order chi connectivity index (χ0) is 13.7. The average Bonchev–Trinajstić information content (AvgIpc) is 2.35. The van der Waals surface area contributed by atoms with Gasteiger partial charge >= 0.3 is 0 Å². The topological polar surface area (TPSA) is 38.3 Å². The molecule has 0 aliphatic heterocycles. The van der Waals surface area contributed by atoms with E-state index in [-0.39, 0.29) is 0 Å². The number of halogens is 1. The molecule has 1 aliphatic carbocycles. The first-order chi connectivity index (χ1) is 9.27. The molecule has 1 saturated carbocycles. The predicted octanol–water partition coefficient (Wildman–Crippen LogP) is 3.33. The first-order valence-corrected chi connectivity index (χ1v) is 8.17. The molecule has 106 valence electrons. The van der Waals surface area contributed by atoms with Gasteiger partial charge in [0.05, 0.1) is 12.2 Å². The molecule has 2 rings (SSSR count). The summed E-state index contributed by atoms with van der Waals surface area (Å²) in [6.07, 6.45) is 6.63. The number of anilines is 1. The fraction of sp³-hybridized carbons (Fsp3) is 0.714. The molecule has 0 spiro atoms. The standard InChI is InChI=1S/C14H22BrN3O/c1-3-19-14-11(2)13(16-10-17-14)18(9-5-8-15)12-6-4-7-12/h10,12H,3-9H2,1-2H3. The lowest BCUT2D eigenvalue weighted by Crippen LogP contribution is -2.42. The molecule has 0 aromatic carbocycles. The molecule has 5 heteroatoms. The fourth-order valence-corrected chi connectivity index (χ4v) is 2.64. The highest BCUT2D eigenvalue weighted by Crippen LogP contribution is 2.32. The second-order valence-corrected chi connectivity index (χ2v) is 5.67. The Bertz CT molecular complexity index is 410. The van der Waals surface area contributed by atoms with Gasteiger partial charge in [0, 0.05) is 17.9 Å². The van der Waals surface area contributed by atoms with Crippen LogP contribution in [0.25, 0.3) is 0 Å². The van der Waals surface area contributed by atoms with Gasteiger partial charge in [-0.15, -0.1) is 0 Å². The quantitative estimate of drug-likeness (QED) is 0.720. The second kappa shape index (κ2) is 7.08. The summed E-state index contributed by atoms with van der Waals surface area (Å²) in [7, 11) is 0. The lowest BCUT2D eigenvalue weighted by Gasteiger charge is -2.39. The molecule has 1 heterocycles. The van der Waals surface area contributed by atoms with Crippen LogP contribution in [0.1, 0.15) is 38.2 Å². The van der Waals surface area contributed by atoms with Crippen molar-refractivity contribution in [3.63, 3.8) is 0 Å². The van der Waals surface area contributed by atoms with Crippen molar-refractivity contribution in [3.05, 3.63) is 11.9 Å². The number of ether oxygens (including phenoxy) is 1. The SMILES string of the molecule is CCOc1ncnc(N(CCCBr)C2CCC2)c1C. The van der Waals surface area contributed by atoms with E-state index in [0.717, 1.165) is 35.6 Å². The van der Waals surface area contributed by atoms with E-state index in [0.29, 0.717) is 12.6 Å². The number of rotatable bonds is 7. The van der Waals surface area contributed by atoms with Gasteiger partial charge in [-0.2, -0.15) is 0 Å². The van der Waals surface area contributed by atoms with E-state index in [4.69, 9.17) is 4.74 Å². The number of hydrogen-bond acceptors (Lipinski definition) is 4. The second-order valence-electron chi connectivity index (χ2n) is 4.88. The summed E-state index contributed by atoms with van der Waals surface area (Å²) in [6, 6.07) is 0.641. The molecule has 1 fully saturated rings. The normalized spacial score (nSPS) is 15.1. The highest BCUT2D eigenvalue weighted by molar-refractivity contribution is 9.09. The monoisotopic (exact) mass is 327 g/mol. The maximum absolute atomic E-state index is 5.58. The van der Waals surface area contributed by atoms with Crippen molar-refractivity contribution < 1.29 is 4.74 Å². The molecule has 0 N–H and O–H groups in total. The van der Waals surface area contributed by atoms with Crippen molar-refractivity contribution in [1.82, 2.24) is 9.97 Å². The summed E-state index contributed by atoms with van der Waals surface area (Å²) in [5, 5.41) is 1.03. The molecule has 0 atom stereocenters. The third-order valence-electron chi connectivity index (χ3n) is 3.61. The predicted molar refractivity (Wildman–Crippen MR) is 81.3 cm³/mol. The maximum atomic E-state index is 5.58. The van der Waals surface area contributed by atoms with Crippen LogP contribution in [0.4, 0.5) is 5.82 Å². The Hall–Kier alpha value is -0.840. The first-order valence-electron chi connectivity index (χ1n) is 7.05. The smallest absolute Gasteiger partial charge is 0.221 e. The van der Waals surface area contributed by atoms with Crippen LogP contribution in [0.5, 0.6) is 5.88 Å². The molecular formula is C14H22BrN3O. The van der Waals surface area contributed by atoms with Crippen molar-refractivity contribution in [2.75, 3.05) is 23.4 Å². The Kier molecular flexibility index (Phi) is 5.43. The number of aromatic nitrogens is 2. The largest absolute Gasteiger partial charge is 0.478 e. The Labute approximate surface area is 123 Å². The molecule has 1 aromatic heterocycles. The van der Waals surface area contributed by atoms with Gasteiger partial charge < -0.3 is 9.64 Å². The number of nitrogens with zero attached hydrogens (tertiary/aromatic N) is 3. The first kappa shape index (κ1) is 14.6. The van der Waals surface area contributed by atoms with E-state index < -0.39 is 0 Å². The molecule has 0 saturated heterocycles. The average molecular weight is 328 g/mol. The van der Waals surface area contributed by atoms with Crippen molar-refractivity contribution in [2.24, 2.45) is 0 Å². The minimum atomic E-state index is 0.641. The lowest BCUT2D eigenvalue weighted by atomic mass is 9.91. The molecular weight excluding hydrogens is 306 g/mol. The Morgan fingerprint density at radius 1 is 1.42 bits per heavy atom. The van der Waals surface area contributed by atoms with Crippen molar-refractivity contribution in [3.8, 4) is 5.88 Å². The molecule has 1 aromatic rings. The Balaban J connectivity index is 2.21. The summed E-state index contributed by atoms with van der Waals surface area (Å²) in [4.78, 5) is 11.2. The van der Waals surface area contributed by atoms with Gasteiger partial charge in [0.2, 0.25) is 5.88 Å². The van der Waals surface area contributed by atoms with E-state index in [1.54, 1.807) is 6.33 Å². The van der Waals surface area contributed by atoms with Crippen LogP contribution in [0.3, 0.4) is 0 Å². The maximum Gasteiger partial charge on any atom is 0.221 e. The highest BCUT2D eigenvalue weighted by atomic mass is 79.9. The van der Waals surface area contributed by atoms with Crippen LogP contribution in [0.2, 0.25) is 0 Å². The van der Waals surface area contributed by atoms with Crippen LogP contribution in [0.15, 0.2) is 6.33 Å². The lowest BCUT2D eigenvalue weighted by molar-refractivity contribution is 0.322. The molecule has 19 heavy (non-hydrogen) atoms. The van der Waals surface area contributed by atoms with Crippen LogP contribution in [-0.4, -0.2) is 34.5 Å². The van der Waals surface area contributed by atoms with E-state index in [1.807, 2.05) is 6.92 Å². The number of hydrogen-bond donors (Lipinski definition) is 0. The Morgan fingerprint density at radius 2 is 2.21 bits per heavy atom. The van der Waals surface area contributed by atoms with Crippen LogP contribution >= 0.6 is 15.9 Å². The van der Waals surface area contributed by atoms with E-state index in [2.05, 4.69) is 37.7 Å². The molecule has 0 amide bonds. The Morgan fingerprint density at radius 3 is 2.79 bits per heavy atom. The van der Waals surface area contributed by atoms with Crippen LogP contribution in [-0.2, 0) is 0 Å². The molecule has 0 radical (unpaired) electrons. The van der Waals surface area contributed by atoms with Gasteiger partial charge in [-0.3, -0.25) is 0 Å². The summed E-state index contributed by atoms with van der Waals surface area (Å²) >= 11 is 3.51. The molecule has 0 unspecified atom stereocenters. The minimum absolute atomic E-state index is 0.641.